The van der Waals surface area contributed by atoms with E-state index in [2.05, 4.69) is 6.58 Å². The monoisotopic (exact) mass is 144 g/mol. The zero-order valence-electron chi connectivity index (χ0n) is 5.68. The Morgan fingerprint density at radius 3 is 2.67 bits per heavy atom. The molecule has 1 saturated heterocycles. The summed E-state index contributed by atoms with van der Waals surface area (Å²) in [5.41, 5.74) is 0.373. The van der Waals surface area contributed by atoms with Crippen LogP contribution in [-0.2, 0) is 0 Å². The number of aliphatic hydroxyl groups is 1. The van der Waals surface area contributed by atoms with E-state index in [9.17, 15) is 5.11 Å². The Labute approximate surface area is 60.2 Å². The first kappa shape index (κ1) is 7.16. The van der Waals surface area contributed by atoms with Gasteiger partial charge in [-0.2, -0.15) is 11.8 Å². The molecule has 0 aliphatic carbocycles. The molecule has 1 atom stereocenters. The summed E-state index contributed by atoms with van der Waals surface area (Å²) in [4.78, 5) is 0. The third-order valence-corrected chi connectivity index (χ3v) is 2.97. The van der Waals surface area contributed by atoms with Crippen molar-refractivity contribution in [2.24, 2.45) is 0 Å². The molecule has 0 amide bonds. The number of hydrogen-bond donors (Lipinski definition) is 1. The van der Waals surface area contributed by atoms with Gasteiger partial charge >= 0.3 is 0 Å². The zero-order valence-corrected chi connectivity index (χ0v) is 6.50. The third-order valence-electron chi connectivity index (χ3n) is 1.80. The Hall–Kier alpha value is 0.0500. The van der Waals surface area contributed by atoms with E-state index in [-0.39, 0.29) is 0 Å². The van der Waals surface area contributed by atoms with Crippen LogP contribution >= 0.6 is 11.8 Å². The standard InChI is InChI=1S/C7H12OS/c1-6(2)7(8)3-4-9-5-7/h8H,1,3-5H2,2H3. The molecule has 1 aliphatic heterocycles. The Bertz CT molecular complexity index is 125. The van der Waals surface area contributed by atoms with E-state index in [4.69, 9.17) is 0 Å². The van der Waals surface area contributed by atoms with Gasteiger partial charge in [0.05, 0.1) is 5.60 Å². The van der Waals surface area contributed by atoms with E-state index in [1.54, 1.807) is 11.8 Å². The van der Waals surface area contributed by atoms with Gasteiger partial charge in [-0.1, -0.05) is 6.58 Å². The highest BCUT2D eigenvalue weighted by Gasteiger charge is 2.31. The summed E-state index contributed by atoms with van der Waals surface area (Å²) in [5, 5.41) is 9.65. The third kappa shape index (κ3) is 1.30. The summed E-state index contributed by atoms with van der Waals surface area (Å²) in [6.45, 7) is 5.64. The Kier molecular flexibility index (Phi) is 1.87. The fourth-order valence-corrected chi connectivity index (χ4v) is 2.25. The molecule has 1 unspecified atom stereocenters. The van der Waals surface area contributed by atoms with Gasteiger partial charge in [-0.05, 0) is 24.7 Å². The molecule has 1 N–H and O–H groups in total. The summed E-state index contributed by atoms with van der Waals surface area (Å²) >= 11 is 1.80. The minimum atomic E-state index is -0.537. The van der Waals surface area contributed by atoms with Crippen molar-refractivity contribution in [3.8, 4) is 0 Å². The van der Waals surface area contributed by atoms with Crippen LogP contribution in [0.4, 0.5) is 0 Å². The van der Waals surface area contributed by atoms with Crippen LogP contribution in [0, 0.1) is 0 Å². The van der Waals surface area contributed by atoms with Crippen molar-refractivity contribution < 1.29 is 5.11 Å². The zero-order chi connectivity index (χ0) is 6.91. The van der Waals surface area contributed by atoms with Crippen LogP contribution in [0.3, 0.4) is 0 Å². The molecule has 0 aromatic rings. The van der Waals surface area contributed by atoms with Gasteiger partial charge < -0.3 is 5.11 Å². The molecule has 2 heteroatoms. The number of rotatable bonds is 1. The van der Waals surface area contributed by atoms with Crippen molar-refractivity contribution in [1.82, 2.24) is 0 Å². The van der Waals surface area contributed by atoms with Crippen LogP contribution in [0.15, 0.2) is 12.2 Å². The van der Waals surface area contributed by atoms with Crippen molar-refractivity contribution in [2.45, 2.75) is 18.9 Å². The van der Waals surface area contributed by atoms with Crippen LogP contribution in [0.5, 0.6) is 0 Å². The summed E-state index contributed by atoms with van der Waals surface area (Å²) in [5.74, 6) is 1.91. The van der Waals surface area contributed by atoms with Crippen molar-refractivity contribution in [3.63, 3.8) is 0 Å². The molecule has 9 heavy (non-hydrogen) atoms. The molecule has 1 fully saturated rings. The fourth-order valence-electron chi connectivity index (χ4n) is 0.891. The fraction of sp³-hybridized carbons (Fsp3) is 0.714. The molecule has 1 nitrogen and oxygen atoms in total. The molecular weight excluding hydrogens is 132 g/mol. The van der Waals surface area contributed by atoms with E-state index in [1.165, 1.54) is 0 Å². The van der Waals surface area contributed by atoms with Gasteiger partial charge in [0.15, 0.2) is 0 Å². The molecule has 0 aromatic heterocycles. The van der Waals surface area contributed by atoms with Gasteiger partial charge in [0, 0.05) is 5.75 Å². The van der Waals surface area contributed by atoms with Gasteiger partial charge in [0.25, 0.3) is 0 Å². The molecule has 0 saturated carbocycles. The van der Waals surface area contributed by atoms with Crippen LogP contribution in [0.25, 0.3) is 0 Å². The van der Waals surface area contributed by atoms with Gasteiger partial charge in [-0.3, -0.25) is 0 Å². The van der Waals surface area contributed by atoms with Crippen LogP contribution in [0.2, 0.25) is 0 Å². The molecule has 1 heterocycles. The molecule has 0 spiro atoms. The van der Waals surface area contributed by atoms with Crippen LogP contribution in [-0.4, -0.2) is 22.2 Å². The molecule has 0 aromatic carbocycles. The first-order chi connectivity index (χ1) is 4.15. The van der Waals surface area contributed by atoms with E-state index in [0.717, 1.165) is 23.5 Å². The largest absolute Gasteiger partial charge is 0.385 e. The summed E-state index contributed by atoms with van der Waals surface area (Å²) < 4.78 is 0. The van der Waals surface area contributed by atoms with Crippen molar-refractivity contribution >= 4 is 11.8 Å². The van der Waals surface area contributed by atoms with Gasteiger partial charge in [0.1, 0.15) is 0 Å². The van der Waals surface area contributed by atoms with E-state index in [1.807, 2.05) is 6.92 Å². The summed E-state index contributed by atoms with van der Waals surface area (Å²) in [6.07, 6.45) is 0.882. The normalized spacial score (nSPS) is 34.9. The van der Waals surface area contributed by atoms with Crippen molar-refractivity contribution in [1.29, 1.82) is 0 Å². The highest BCUT2D eigenvalue weighted by Crippen LogP contribution is 2.32. The minimum absolute atomic E-state index is 0.537. The lowest BCUT2D eigenvalue weighted by atomic mass is 9.96. The first-order valence-electron chi connectivity index (χ1n) is 3.11. The topological polar surface area (TPSA) is 20.2 Å². The van der Waals surface area contributed by atoms with E-state index >= 15 is 0 Å². The number of thioether (sulfide) groups is 1. The lowest BCUT2D eigenvalue weighted by Crippen LogP contribution is -2.28. The lowest BCUT2D eigenvalue weighted by Gasteiger charge is -2.20. The molecular formula is C7H12OS. The molecule has 1 rings (SSSR count). The second kappa shape index (κ2) is 2.35. The molecule has 0 radical (unpaired) electrons. The van der Waals surface area contributed by atoms with Crippen molar-refractivity contribution in [3.05, 3.63) is 12.2 Å². The highest BCUT2D eigenvalue weighted by molar-refractivity contribution is 7.99. The maximum absolute atomic E-state index is 9.65. The van der Waals surface area contributed by atoms with E-state index in [0.29, 0.717) is 0 Å². The lowest BCUT2D eigenvalue weighted by molar-refractivity contribution is 0.107. The molecule has 1 aliphatic rings. The quantitative estimate of drug-likeness (QED) is 0.562. The van der Waals surface area contributed by atoms with Gasteiger partial charge in [0.2, 0.25) is 0 Å². The summed E-state index contributed by atoms with van der Waals surface area (Å²) in [7, 11) is 0. The second-order valence-corrected chi connectivity index (χ2v) is 3.72. The van der Waals surface area contributed by atoms with Gasteiger partial charge in [-0.15, -0.1) is 0 Å². The Morgan fingerprint density at radius 1 is 1.78 bits per heavy atom. The van der Waals surface area contributed by atoms with Crippen molar-refractivity contribution in [2.75, 3.05) is 11.5 Å². The molecule has 52 valence electrons. The minimum Gasteiger partial charge on any atom is -0.385 e. The maximum Gasteiger partial charge on any atom is 0.0949 e. The smallest absolute Gasteiger partial charge is 0.0949 e. The van der Waals surface area contributed by atoms with Crippen LogP contribution < -0.4 is 0 Å². The summed E-state index contributed by atoms with van der Waals surface area (Å²) in [6, 6.07) is 0. The first-order valence-corrected chi connectivity index (χ1v) is 4.27. The second-order valence-electron chi connectivity index (χ2n) is 2.61. The molecule has 0 bridgehead atoms. The maximum atomic E-state index is 9.65. The highest BCUT2D eigenvalue weighted by atomic mass is 32.2. The van der Waals surface area contributed by atoms with E-state index < -0.39 is 5.60 Å². The number of hydrogen-bond acceptors (Lipinski definition) is 2. The Morgan fingerprint density at radius 2 is 2.44 bits per heavy atom. The average Bonchev–Trinajstić information content (AvgIpc) is 2.16. The SMILES string of the molecule is C=C(C)C1(O)CCSC1. The predicted octanol–water partition coefficient (Wildman–Crippen LogP) is 1.43. The van der Waals surface area contributed by atoms with Crippen LogP contribution in [0.1, 0.15) is 13.3 Å². The average molecular weight is 144 g/mol. The predicted molar refractivity (Wildman–Crippen MR) is 41.7 cm³/mol. The van der Waals surface area contributed by atoms with Gasteiger partial charge in [-0.25, -0.2) is 0 Å². The Balaban J connectivity index is 2.61.